The smallest absolute Gasteiger partial charge is 0.326 e. The Bertz CT molecular complexity index is 1210. The van der Waals surface area contributed by atoms with Crippen molar-refractivity contribution in [1.29, 1.82) is 0 Å². The number of thioether (sulfide) groups is 1. The second-order valence-corrected chi connectivity index (χ2v) is 12.2. The summed E-state index contributed by atoms with van der Waals surface area (Å²) in [6.45, 7) is 17.4. The van der Waals surface area contributed by atoms with Gasteiger partial charge in [-0.15, -0.1) is 0 Å². The van der Waals surface area contributed by atoms with Crippen LogP contribution < -0.4 is 5.32 Å². The number of benzene rings is 3. The van der Waals surface area contributed by atoms with Gasteiger partial charge in [0.15, 0.2) is 0 Å². The highest BCUT2D eigenvalue weighted by atomic mass is 32.2. The molecule has 0 bridgehead atoms. The van der Waals surface area contributed by atoms with E-state index in [1.807, 2.05) is 49.6 Å². The highest BCUT2D eigenvalue weighted by Gasteiger charge is 2.22. The van der Waals surface area contributed by atoms with E-state index in [1.165, 1.54) is 24.0 Å². The Kier molecular flexibility index (Phi) is 17.6. The molecule has 0 spiro atoms. The van der Waals surface area contributed by atoms with Crippen molar-refractivity contribution < 1.29 is 14.7 Å². The van der Waals surface area contributed by atoms with Crippen LogP contribution in [-0.2, 0) is 11.2 Å². The topological polar surface area (TPSA) is 66.4 Å². The van der Waals surface area contributed by atoms with Crippen molar-refractivity contribution >= 4 is 23.6 Å². The minimum atomic E-state index is -1.00. The summed E-state index contributed by atoms with van der Waals surface area (Å²) < 4.78 is 0. The van der Waals surface area contributed by atoms with Gasteiger partial charge in [0.05, 0.1) is 0 Å². The summed E-state index contributed by atoms with van der Waals surface area (Å²) in [7, 11) is 0. The van der Waals surface area contributed by atoms with E-state index in [2.05, 4.69) is 78.0 Å². The number of carboxylic acid groups (broad SMARTS) is 1. The fourth-order valence-electron chi connectivity index (χ4n) is 4.11. The van der Waals surface area contributed by atoms with Crippen LogP contribution in [0.3, 0.4) is 0 Å². The quantitative estimate of drug-likeness (QED) is 0.233. The van der Waals surface area contributed by atoms with Crippen LogP contribution in [0.5, 0.6) is 0 Å². The normalized spacial score (nSPS) is 11.2. The third kappa shape index (κ3) is 12.4. The minimum Gasteiger partial charge on any atom is -0.480 e. The maximum atomic E-state index is 12.8. The predicted octanol–water partition coefficient (Wildman–Crippen LogP) is 9.90. The van der Waals surface area contributed by atoms with Gasteiger partial charge in [0.1, 0.15) is 6.04 Å². The highest BCUT2D eigenvalue weighted by Crippen LogP contribution is 2.28. The van der Waals surface area contributed by atoms with Crippen LogP contribution in [0.15, 0.2) is 66.7 Å². The van der Waals surface area contributed by atoms with Crippen LogP contribution in [0.1, 0.15) is 112 Å². The molecular formula is C37H53NO3S. The minimum absolute atomic E-state index is 0.348. The number of amides is 1. The number of carbonyl (C=O) groups is 2. The number of hydrogen-bond donors (Lipinski definition) is 2. The number of hydrogen-bond acceptors (Lipinski definition) is 3. The number of carbonyl (C=O) groups excluding carboxylic acids is 1. The largest absolute Gasteiger partial charge is 0.480 e. The predicted molar refractivity (Wildman–Crippen MR) is 183 cm³/mol. The standard InChI is InChI=1S/C21H25NO3S.C12H18.C4H10/c1-4-15-9-10-17(18(13-15)16-8-6-5-7-14(16)2)20(23)22-19(21(24)25)11-12-26-3;1-9(2)11-6-5-7-12(8-11)10(3)4;1-3-4-2/h5-10,13,19H,4,11-12H2,1-3H3,(H,22,23)(H,24,25);5-10H,1-4H3;3-4H2,1-2H3. The Balaban J connectivity index is 0.000000455. The number of unbranched alkanes of at least 4 members (excludes halogenated alkanes) is 1. The zero-order valence-electron chi connectivity index (χ0n) is 27.3. The SMILES string of the molecule is CC(C)c1cccc(C(C)C)c1.CCCC.CCc1ccc(C(=O)NC(CCSC)C(=O)O)c(-c2ccccc2C)c1. The lowest BCUT2D eigenvalue weighted by Gasteiger charge is -2.17. The maximum absolute atomic E-state index is 12.8. The van der Waals surface area contributed by atoms with Gasteiger partial charge < -0.3 is 10.4 Å². The number of rotatable bonds is 11. The average Bonchev–Trinajstić information content (AvgIpc) is 2.99. The molecule has 0 aliphatic carbocycles. The molecule has 0 aliphatic rings. The molecule has 0 radical (unpaired) electrons. The zero-order chi connectivity index (χ0) is 31.7. The van der Waals surface area contributed by atoms with Crippen molar-refractivity contribution in [3.05, 3.63) is 94.5 Å². The summed E-state index contributed by atoms with van der Waals surface area (Å²) in [5.74, 6) is 0.610. The van der Waals surface area contributed by atoms with Crippen molar-refractivity contribution in [3.8, 4) is 11.1 Å². The summed E-state index contributed by atoms with van der Waals surface area (Å²) in [5, 5.41) is 12.1. The first-order valence-electron chi connectivity index (χ1n) is 15.3. The van der Waals surface area contributed by atoms with E-state index in [0.29, 0.717) is 29.6 Å². The van der Waals surface area contributed by atoms with Gasteiger partial charge in [0.2, 0.25) is 0 Å². The van der Waals surface area contributed by atoms with Crippen LogP contribution in [0.4, 0.5) is 0 Å². The first kappa shape index (κ1) is 37.0. The van der Waals surface area contributed by atoms with Crippen molar-refractivity contribution in [2.45, 2.75) is 99.0 Å². The Morgan fingerprint density at radius 3 is 1.88 bits per heavy atom. The van der Waals surface area contributed by atoms with Crippen LogP contribution in [-0.4, -0.2) is 35.0 Å². The van der Waals surface area contributed by atoms with E-state index in [1.54, 1.807) is 17.8 Å². The molecule has 3 aromatic carbocycles. The van der Waals surface area contributed by atoms with Gasteiger partial charge in [0, 0.05) is 5.56 Å². The van der Waals surface area contributed by atoms with E-state index in [0.717, 1.165) is 28.7 Å². The molecule has 0 fully saturated rings. The number of nitrogens with one attached hydrogen (secondary N) is 1. The first-order valence-corrected chi connectivity index (χ1v) is 16.7. The molecule has 5 heteroatoms. The molecule has 1 atom stereocenters. The van der Waals surface area contributed by atoms with E-state index < -0.39 is 12.0 Å². The van der Waals surface area contributed by atoms with Gasteiger partial charge in [-0.2, -0.15) is 11.8 Å². The highest BCUT2D eigenvalue weighted by molar-refractivity contribution is 7.98. The third-order valence-corrected chi connectivity index (χ3v) is 7.77. The van der Waals surface area contributed by atoms with Crippen molar-refractivity contribution in [1.82, 2.24) is 5.32 Å². The summed E-state index contributed by atoms with van der Waals surface area (Å²) in [5.41, 5.74) is 7.44. The molecule has 0 aromatic heterocycles. The molecule has 3 rings (SSSR count). The van der Waals surface area contributed by atoms with Crippen molar-refractivity contribution in [2.24, 2.45) is 0 Å². The molecule has 0 saturated heterocycles. The van der Waals surface area contributed by atoms with Gasteiger partial charge in [-0.05, 0) is 83.1 Å². The van der Waals surface area contributed by atoms with Crippen molar-refractivity contribution in [2.75, 3.05) is 12.0 Å². The van der Waals surface area contributed by atoms with Gasteiger partial charge in [-0.25, -0.2) is 4.79 Å². The third-order valence-electron chi connectivity index (χ3n) is 7.13. The molecule has 4 nitrogen and oxygen atoms in total. The summed E-state index contributed by atoms with van der Waals surface area (Å²) in [4.78, 5) is 24.3. The van der Waals surface area contributed by atoms with Crippen LogP contribution >= 0.6 is 11.8 Å². The van der Waals surface area contributed by atoms with Gasteiger partial charge in [-0.1, -0.05) is 122 Å². The lowest BCUT2D eigenvalue weighted by molar-refractivity contribution is -0.139. The monoisotopic (exact) mass is 591 g/mol. The lowest BCUT2D eigenvalue weighted by Crippen LogP contribution is -2.41. The van der Waals surface area contributed by atoms with Crippen LogP contribution in [0.2, 0.25) is 0 Å². The Hall–Kier alpha value is -3.05. The average molecular weight is 592 g/mol. The molecule has 230 valence electrons. The fraction of sp³-hybridized carbons (Fsp3) is 0.459. The Morgan fingerprint density at radius 2 is 1.40 bits per heavy atom. The molecule has 0 aliphatic heterocycles. The second-order valence-electron chi connectivity index (χ2n) is 11.2. The summed E-state index contributed by atoms with van der Waals surface area (Å²) >= 11 is 1.56. The molecule has 0 heterocycles. The fourth-order valence-corrected chi connectivity index (χ4v) is 4.58. The number of aryl methyl sites for hydroxylation is 2. The van der Waals surface area contributed by atoms with Gasteiger partial charge in [0.25, 0.3) is 5.91 Å². The van der Waals surface area contributed by atoms with Crippen molar-refractivity contribution in [3.63, 3.8) is 0 Å². The van der Waals surface area contributed by atoms with Gasteiger partial charge in [-0.3, -0.25) is 4.79 Å². The zero-order valence-corrected chi connectivity index (χ0v) is 28.1. The second kappa shape index (κ2) is 20.0. The number of aliphatic carboxylic acids is 1. The van der Waals surface area contributed by atoms with E-state index in [4.69, 9.17) is 0 Å². The maximum Gasteiger partial charge on any atom is 0.326 e. The van der Waals surface area contributed by atoms with E-state index in [-0.39, 0.29) is 5.91 Å². The first-order chi connectivity index (χ1) is 20.0. The van der Waals surface area contributed by atoms with E-state index in [9.17, 15) is 14.7 Å². The van der Waals surface area contributed by atoms with Crippen LogP contribution in [0.25, 0.3) is 11.1 Å². The molecule has 0 saturated carbocycles. The molecule has 2 N–H and O–H groups in total. The Morgan fingerprint density at radius 1 is 0.810 bits per heavy atom. The van der Waals surface area contributed by atoms with Crippen LogP contribution in [0, 0.1) is 6.92 Å². The summed E-state index contributed by atoms with van der Waals surface area (Å²) in [6, 6.07) is 21.6. The number of carboxylic acids is 1. The Labute approximate surface area is 259 Å². The van der Waals surface area contributed by atoms with Gasteiger partial charge >= 0.3 is 5.97 Å². The lowest BCUT2D eigenvalue weighted by atomic mass is 9.93. The van der Waals surface area contributed by atoms with E-state index >= 15 is 0 Å². The molecule has 3 aromatic rings. The summed E-state index contributed by atoms with van der Waals surface area (Å²) in [6.07, 6.45) is 5.82. The molecule has 42 heavy (non-hydrogen) atoms. The molecular weight excluding hydrogens is 538 g/mol. The molecule has 1 unspecified atom stereocenters. The molecule has 1 amide bonds.